The third kappa shape index (κ3) is 3.10. The molecule has 0 spiro atoms. The van der Waals surface area contributed by atoms with Crippen LogP contribution in [0, 0.1) is 11.6 Å². The van der Waals surface area contributed by atoms with Gasteiger partial charge < -0.3 is 10.2 Å². The van der Waals surface area contributed by atoms with E-state index < -0.39 is 11.6 Å². The normalized spacial score (nSPS) is 18.6. The van der Waals surface area contributed by atoms with E-state index in [9.17, 15) is 13.6 Å². The number of benzene rings is 1. The predicted molar refractivity (Wildman–Crippen MR) is 68.5 cm³/mol. The maximum absolute atomic E-state index is 13.6. The molecule has 1 atom stereocenters. The molecule has 5 heteroatoms. The van der Waals surface area contributed by atoms with Crippen molar-refractivity contribution in [1.29, 1.82) is 0 Å². The number of hydrogen-bond acceptors (Lipinski definition) is 2. The van der Waals surface area contributed by atoms with Crippen molar-refractivity contribution in [2.24, 2.45) is 0 Å². The quantitative estimate of drug-likeness (QED) is 0.906. The fourth-order valence-electron chi connectivity index (χ4n) is 2.34. The Morgan fingerprint density at radius 2 is 2.11 bits per heavy atom. The maximum Gasteiger partial charge on any atom is 0.239 e. The van der Waals surface area contributed by atoms with Crippen LogP contribution in [0.5, 0.6) is 0 Å². The van der Waals surface area contributed by atoms with E-state index in [1.807, 2.05) is 6.92 Å². The van der Waals surface area contributed by atoms with Crippen LogP contribution in [0.1, 0.15) is 25.3 Å². The van der Waals surface area contributed by atoms with E-state index in [1.54, 1.807) is 0 Å². The van der Waals surface area contributed by atoms with E-state index in [0.29, 0.717) is 6.54 Å². The lowest BCUT2D eigenvalue weighted by molar-refractivity contribution is -0.133. The SMILES string of the molecule is CCN(Cc1c(F)cccc1F)C(=O)[C@@H]1CCCN1. The van der Waals surface area contributed by atoms with E-state index in [1.165, 1.54) is 23.1 Å². The molecule has 1 heterocycles. The summed E-state index contributed by atoms with van der Waals surface area (Å²) in [6.45, 7) is 3.05. The molecule has 1 aliphatic rings. The highest BCUT2D eigenvalue weighted by atomic mass is 19.1. The highest BCUT2D eigenvalue weighted by molar-refractivity contribution is 5.82. The van der Waals surface area contributed by atoms with E-state index in [4.69, 9.17) is 0 Å². The molecule has 0 unspecified atom stereocenters. The summed E-state index contributed by atoms with van der Waals surface area (Å²) >= 11 is 0. The largest absolute Gasteiger partial charge is 0.337 e. The van der Waals surface area contributed by atoms with E-state index in [0.717, 1.165) is 19.4 Å². The lowest BCUT2D eigenvalue weighted by Crippen LogP contribution is -2.43. The zero-order valence-electron chi connectivity index (χ0n) is 11.0. The molecule has 19 heavy (non-hydrogen) atoms. The van der Waals surface area contributed by atoms with Crippen LogP contribution in [0.3, 0.4) is 0 Å². The topological polar surface area (TPSA) is 32.3 Å². The summed E-state index contributed by atoms with van der Waals surface area (Å²) in [5, 5.41) is 3.11. The lowest BCUT2D eigenvalue weighted by Gasteiger charge is -2.24. The van der Waals surface area contributed by atoms with Crippen LogP contribution in [-0.2, 0) is 11.3 Å². The van der Waals surface area contributed by atoms with Crippen molar-refractivity contribution in [3.8, 4) is 0 Å². The van der Waals surface area contributed by atoms with Gasteiger partial charge in [0.15, 0.2) is 0 Å². The van der Waals surface area contributed by atoms with Gasteiger partial charge in [0, 0.05) is 12.1 Å². The van der Waals surface area contributed by atoms with Gasteiger partial charge in [-0.25, -0.2) is 8.78 Å². The van der Waals surface area contributed by atoms with E-state index in [2.05, 4.69) is 5.32 Å². The molecule has 2 rings (SSSR count). The van der Waals surface area contributed by atoms with Crippen LogP contribution in [0.2, 0.25) is 0 Å². The average Bonchev–Trinajstić information content (AvgIpc) is 2.92. The van der Waals surface area contributed by atoms with Crippen molar-refractivity contribution in [2.45, 2.75) is 32.4 Å². The molecule has 3 nitrogen and oxygen atoms in total. The molecule has 1 N–H and O–H groups in total. The van der Waals surface area contributed by atoms with Crippen molar-refractivity contribution in [3.63, 3.8) is 0 Å². The third-order valence-electron chi connectivity index (χ3n) is 3.46. The summed E-state index contributed by atoms with van der Waals surface area (Å²) < 4.78 is 27.2. The summed E-state index contributed by atoms with van der Waals surface area (Å²) in [5.74, 6) is -1.29. The van der Waals surface area contributed by atoms with Gasteiger partial charge in [0.1, 0.15) is 11.6 Å². The minimum absolute atomic E-state index is 0.0218. The Morgan fingerprint density at radius 1 is 1.42 bits per heavy atom. The predicted octanol–water partition coefficient (Wildman–Crippen LogP) is 2.07. The minimum atomic E-state index is -0.606. The number of amides is 1. The van der Waals surface area contributed by atoms with Crippen LogP contribution in [0.15, 0.2) is 18.2 Å². The third-order valence-corrected chi connectivity index (χ3v) is 3.46. The Hall–Kier alpha value is -1.49. The molecule has 1 aromatic rings. The first-order valence-corrected chi connectivity index (χ1v) is 6.58. The van der Waals surface area contributed by atoms with Crippen molar-refractivity contribution < 1.29 is 13.6 Å². The van der Waals surface area contributed by atoms with Crippen LogP contribution in [0.25, 0.3) is 0 Å². The second-order valence-electron chi connectivity index (χ2n) is 4.70. The average molecular weight is 268 g/mol. The van der Waals surface area contributed by atoms with Gasteiger partial charge in [-0.2, -0.15) is 0 Å². The van der Waals surface area contributed by atoms with Gasteiger partial charge in [0.25, 0.3) is 0 Å². The van der Waals surface area contributed by atoms with Crippen molar-refractivity contribution in [2.75, 3.05) is 13.1 Å². The zero-order chi connectivity index (χ0) is 13.8. The van der Waals surface area contributed by atoms with Crippen molar-refractivity contribution in [1.82, 2.24) is 10.2 Å². The number of rotatable bonds is 4. The summed E-state index contributed by atoms with van der Waals surface area (Å²) in [4.78, 5) is 13.7. The number of likely N-dealkylation sites (N-methyl/N-ethyl adjacent to an activating group) is 1. The fraction of sp³-hybridized carbons (Fsp3) is 0.500. The zero-order valence-corrected chi connectivity index (χ0v) is 11.0. The lowest BCUT2D eigenvalue weighted by atomic mass is 10.1. The fourth-order valence-corrected chi connectivity index (χ4v) is 2.34. The first-order chi connectivity index (χ1) is 9.13. The Bertz CT molecular complexity index is 439. The molecule has 1 amide bonds. The molecule has 0 aromatic heterocycles. The second-order valence-corrected chi connectivity index (χ2v) is 4.70. The van der Waals surface area contributed by atoms with E-state index >= 15 is 0 Å². The number of hydrogen-bond donors (Lipinski definition) is 1. The molecular formula is C14H18F2N2O. The molecule has 1 saturated heterocycles. The van der Waals surface area contributed by atoms with Crippen LogP contribution in [0.4, 0.5) is 8.78 Å². The van der Waals surface area contributed by atoms with Gasteiger partial charge in [-0.3, -0.25) is 4.79 Å². The summed E-state index contributed by atoms with van der Waals surface area (Å²) in [6, 6.07) is 3.54. The molecule has 1 aromatic carbocycles. The number of carbonyl (C=O) groups excluding carboxylic acids is 1. The second kappa shape index (κ2) is 6.10. The molecule has 1 aliphatic heterocycles. The van der Waals surface area contributed by atoms with Crippen molar-refractivity contribution in [3.05, 3.63) is 35.4 Å². The standard InChI is InChI=1S/C14H18F2N2O/c1-2-18(14(19)13-7-4-8-17-13)9-10-11(15)5-3-6-12(10)16/h3,5-6,13,17H,2,4,7-9H2,1H3/t13-/m0/s1. The van der Waals surface area contributed by atoms with Gasteiger partial charge in [-0.15, -0.1) is 0 Å². The smallest absolute Gasteiger partial charge is 0.239 e. The monoisotopic (exact) mass is 268 g/mol. The summed E-state index contributed by atoms with van der Waals surface area (Å²) in [5.41, 5.74) is -0.0457. The van der Waals surface area contributed by atoms with Gasteiger partial charge in [0.05, 0.1) is 12.6 Å². The molecule has 0 bridgehead atoms. The van der Waals surface area contributed by atoms with Gasteiger partial charge in [0.2, 0.25) is 5.91 Å². The van der Waals surface area contributed by atoms with Gasteiger partial charge >= 0.3 is 0 Å². The molecule has 0 radical (unpaired) electrons. The Kier molecular flexibility index (Phi) is 4.47. The highest BCUT2D eigenvalue weighted by Crippen LogP contribution is 2.16. The molecular weight excluding hydrogens is 250 g/mol. The Balaban J connectivity index is 2.12. The van der Waals surface area contributed by atoms with E-state index in [-0.39, 0.29) is 24.1 Å². The minimum Gasteiger partial charge on any atom is -0.337 e. The van der Waals surface area contributed by atoms with Gasteiger partial charge in [-0.05, 0) is 38.4 Å². The summed E-state index contributed by atoms with van der Waals surface area (Å²) in [7, 11) is 0. The molecule has 0 saturated carbocycles. The number of nitrogens with zero attached hydrogens (tertiary/aromatic N) is 1. The molecule has 1 fully saturated rings. The number of nitrogens with one attached hydrogen (secondary N) is 1. The van der Waals surface area contributed by atoms with Crippen LogP contribution >= 0.6 is 0 Å². The first-order valence-electron chi connectivity index (χ1n) is 6.58. The Labute approximate surface area is 111 Å². The van der Waals surface area contributed by atoms with Gasteiger partial charge in [-0.1, -0.05) is 6.07 Å². The summed E-state index contributed by atoms with van der Waals surface area (Å²) in [6.07, 6.45) is 1.75. The maximum atomic E-state index is 13.6. The Morgan fingerprint density at radius 3 is 2.63 bits per heavy atom. The number of halogens is 2. The van der Waals surface area contributed by atoms with Crippen LogP contribution < -0.4 is 5.32 Å². The molecule has 0 aliphatic carbocycles. The van der Waals surface area contributed by atoms with Crippen molar-refractivity contribution >= 4 is 5.91 Å². The molecule has 104 valence electrons. The van der Waals surface area contributed by atoms with Crippen LogP contribution in [-0.4, -0.2) is 29.9 Å². The number of carbonyl (C=O) groups is 1. The highest BCUT2D eigenvalue weighted by Gasteiger charge is 2.27. The first kappa shape index (κ1) is 13.9.